The lowest BCUT2D eigenvalue weighted by molar-refractivity contribution is -0.137. The molecule has 0 radical (unpaired) electrons. The van der Waals surface area contributed by atoms with Gasteiger partial charge in [0.25, 0.3) is 5.91 Å². The van der Waals surface area contributed by atoms with E-state index in [9.17, 15) is 18.0 Å². The summed E-state index contributed by atoms with van der Waals surface area (Å²) in [6.07, 6.45) is 1.95. The van der Waals surface area contributed by atoms with Gasteiger partial charge in [0.05, 0.1) is 35.9 Å². The standard InChI is InChI=1S/C24H21F3N8O/c1-3-34-15(2)19(12-30-34)21-7-8-28-22-10-20(32-35(21)22)23(36)31-18-11-29-33(14-18)13-16-5-4-6-17(9-16)24(25,26)27/h4-12,14H,3,13H2,1-2H3,(H,31,36). The third-order valence-electron chi connectivity index (χ3n) is 5.76. The molecule has 0 bridgehead atoms. The fraction of sp³-hybridized carbons (Fsp3) is 0.208. The number of fused-ring (bicyclic) bond motifs is 1. The van der Waals surface area contributed by atoms with Gasteiger partial charge >= 0.3 is 6.18 Å². The van der Waals surface area contributed by atoms with Crippen LogP contribution in [0.15, 0.2) is 61.2 Å². The van der Waals surface area contributed by atoms with E-state index < -0.39 is 17.6 Å². The van der Waals surface area contributed by atoms with E-state index in [-0.39, 0.29) is 12.2 Å². The molecule has 0 aliphatic heterocycles. The Morgan fingerprint density at radius 1 is 1.11 bits per heavy atom. The average Bonchev–Trinajstić information content (AvgIpc) is 3.57. The summed E-state index contributed by atoms with van der Waals surface area (Å²) in [6.45, 7) is 4.82. The summed E-state index contributed by atoms with van der Waals surface area (Å²) < 4.78 is 43.8. The maximum atomic E-state index is 13.0. The first-order valence-electron chi connectivity index (χ1n) is 11.1. The number of nitrogens with one attached hydrogen (secondary N) is 1. The Bertz CT molecular complexity index is 1560. The zero-order chi connectivity index (χ0) is 25.4. The lowest BCUT2D eigenvalue weighted by atomic mass is 10.1. The Morgan fingerprint density at radius 2 is 1.94 bits per heavy atom. The number of hydrogen-bond acceptors (Lipinski definition) is 5. The molecule has 12 heteroatoms. The third-order valence-corrected chi connectivity index (χ3v) is 5.76. The number of nitrogens with zero attached hydrogens (tertiary/aromatic N) is 7. The van der Waals surface area contributed by atoms with E-state index in [2.05, 4.69) is 25.6 Å². The summed E-state index contributed by atoms with van der Waals surface area (Å²) in [5.41, 5.74) is 3.36. The van der Waals surface area contributed by atoms with Crippen LogP contribution >= 0.6 is 0 Å². The predicted octanol–water partition coefficient (Wildman–Crippen LogP) is 4.44. The molecule has 9 nitrogen and oxygen atoms in total. The Labute approximate surface area is 203 Å². The van der Waals surface area contributed by atoms with Gasteiger partial charge in [0, 0.05) is 36.3 Å². The lowest BCUT2D eigenvalue weighted by Crippen LogP contribution is -2.12. The van der Waals surface area contributed by atoms with Crippen molar-refractivity contribution in [2.75, 3.05) is 5.32 Å². The minimum Gasteiger partial charge on any atom is -0.318 e. The molecule has 0 saturated carbocycles. The topological polar surface area (TPSA) is 94.9 Å². The number of alkyl halides is 3. The first kappa shape index (κ1) is 23.3. The van der Waals surface area contributed by atoms with Crippen molar-refractivity contribution in [1.82, 2.24) is 34.2 Å². The fourth-order valence-electron chi connectivity index (χ4n) is 3.97. The molecule has 5 rings (SSSR count). The third kappa shape index (κ3) is 4.44. The quantitative estimate of drug-likeness (QED) is 0.377. The van der Waals surface area contributed by atoms with E-state index in [1.165, 1.54) is 16.9 Å². The number of carbonyl (C=O) groups excluding carboxylic acids is 1. The first-order chi connectivity index (χ1) is 17.2. The molecule has 0 aliphatic rings. The highest BCUT2D eigenvalue weighted by Gasteiger charge is 2.30. The van der Waals surface area contributed by atoms with Crippen LogP contribution < -0.4 is 5.32 Å². The van der Waals surface area contributed by atoms with Crippen LogP contribution in [-0.4, -0.2) is 40.1 Å². The summed E-state index contributed by atoms with van der Waals surface area (Å²) in [5.74, 6) is -0.467. The molecule has 0 aliphatic carbocycles. The van der Waals surface area contributed by atoms with Crippen molar-refractivity contribution in [3.05, 3.63) is 83.7 Å². The zero-order valence-corrected chi connectivity index (χ0v) is 19.4. The van der Waals surface area contributed by atoms with Crippen molar-refractivity contribution in [2.24, 2.45) is 0 Å². The van der Waals surface area contributed by atoms with Crippen LogP contribution in [-0.2, 0) is 19.3 Å². The highest BCUT2D eigenvalue weighted by molar-refractivity contribution is 6.03. The Morgan fingerprint density at radius 3 is 2.69 bits per heavy atom. The molecular weight excluding hydrogens is 473 g/mol. The van der Waals surface area contributed by atoms with E-state index in [1.54, 1.807) is 35.2 Å². The average molecular weight is 494 g/mol. The summed E-state index contributed by atoms with van der Waals surface area (Å²) in [7, 11) is 0. The highest BCUT2D eigenvalue weighted by atomic mass is 19.4. The van der Waals surface area contributed by atoms with Gasteiger partial charge in [-0.2, -0.15) is 28.5 Å². The van der Waals surface area contributed by atoms with Crippen molar-refractivity contribution in [3.8, 4) is 11.3 Å². The lowest BCUT2D eigenvalue weighted by Gasteiger charge is -2.08. The maximum absolute atomic E-state index is 13.0. The highest BCUT2D eigenvalue weighted by Crippen LogP contribution is 2.29. The summed E-state index contributed by atoms with van der Waals surface area (Å²) in [4.78, 5) is 17.2. The van der Waals surface area contributed by atoms with Gasteiger partial charge in [-0.25, -0.2) is 9.50 Å². The van der Waals surface area contributed by atoms with E-state index in [0.717, 1.165) is 35.6 Å². The van der Waals surface area contributed by atoms with Crippen molar-refractivity contribution >= 4 is 17.2 Å². The van der Waals surface area contributed by atoms with Crippen molar-refractivity contribution < 1.29 is 18.0 Å². The number of carbonyl (C=O) groups is 1. The first-order valence-corrected chi connectivity index (χ1v) is 11.1. The Kier molecular flexibility index (Phi) is 5.78. The van der Waals surface area contributed by atoms with Gasteiger partial charge in [0.15, 0.2) is 11.3 Å². The zero-order valence-electron chi connectivity index (χ0n) is 19.4. The van der Waals surface area contributed by atoms with Gasteiger partial charge < -0.3 is 5.32 Å². The van der Waals surface area contributed by atoms with E-state index in [0.29, 0.717) is 16.9 Å². The van der Waals surface area contributed by atoms with Gasteiger partial charge in [-0.1, -0.05) is 12.1 Å². The smallest absolute Gasteiger partial charge is 0.318 e. The molecule has 1 aromatic carbocycles. The number of aromatic nitrogens is 7. The van der Waals surface area contributed by atoms with Gasteiger partial charge in [-0.15, -0.1) is 0 Å². The van der Waals surface area contributed by atoms with Crippen LogP contribution in [0.3, 0.4) is 0 Å². The van der Waals surface area contributed by atoms with Crippen LogP contribution in [0, 0.1) is 6.92 Å². The molecule has 4 aromatic heterocycles. The normalized spacial score (nSPS) is 11.8. The molecular formula is C24H21F3N8O. The molecule has 0 unspecified atom stereocenters. The number of halogens is 3. The van der Waals surface area contributed by atoms with Crippen LogP contribution in [0.5, 0.6) is 0 Å². The molecule has 5 aromatic rings. The molecule has 36 heavy (non-hydrogen) atoms. The van der Waals surface area contributed by atoms with Crippen LogP contribution in [0.4, 0.5) is 18.9 Å². The number of anilines is 1. The fourth-order valence-corrected chi connectivity index (χ4v) is 3.97. The van der Waals surface area contributed by atoms with Crippen molar-refractivity contribution in [3.63, 3.8) is 0 Å². The molecule has 1 N–H and O–H groups in total. The predicted molar refractivity (Wildman–Crippen MR) is 125 cm³/mol. The second kappa shape index (κ2) is 8.95. The molecule has 184 valence electrons. The molecule has 4 heterocycles. The van der Waals surface area contributed by atoms with Gasteiger partial charge in [0.1, 0.15) is 0 Å². The summed E-state index contributed by atoms with van der Waals surface area (Å²) >= 11 is 0. The second-order valence-electron chi connectivity index (χ2n) is 8.17. The van der Waals surface area contributed by atoms with Crippen molar-refractivity contribution in [2.45, 2.75) is 33.1 Å². The minimum atomic E-state index is -4.42. The molecule has 1 amide bonds. The van der Waals surface area contributed by atoms with Gasteiger partial charge in [-0.05, 0) is 37.6 Å². The largest absolute Gasteiger partial charge is 0.416 e. The second-order valence-corrected chi connectivity index (χ2v) is 8.17. The van der Waals surface area contributed by atoms with E-state index >= 15 is 0 Å². The molecule has 0 atom stereocenters. The maximum Gasteiger partial charge on any atom is 0.416 e. The van der Waals surface area contributed by atoms with Crippen LogP contribution in [0.2, 0.25) is 0 Å². The van der Waals surface area contributed by atoms with E-state index in [1.807, 2.05) is 24.6 Å². The summed E-state index contributed by atoms with van der Waals surface area (Å²) in [5, 5.41) is 15.7. The summed E-state index contributed by atoms with van der Waals surface area (Å²) in [6, 6.07) is 8.42. The van der Waals surface area contributed by atoms with Crippen LogP contribution in [0.25, 0.3) is 16.9 Å². The van der Waals surface area contributed by atoms with Crippen molar-refractivity contribution in [1.29, 1.82) is 0 Å². The number of amides is 1. The number of aryl methyl sites for hydroxylation is 1. The van der Waals surface area contributed by atoms with Crippen LogP contribution in [0.1, 0.15) is 34.2 Å². The molecule has 0 saturated heterocycles. The molecule has 0 fully saturated rings. The number of rotatable bonds is 6. The molecule has 0 spiro atoms. The monoisotopic (exact) mass is 494 g/mol. The Balaban J connectivity index is 1.34. The number of benzene rings is 1. The SMILES string of the molecule is CCn1ncc(-c2ccnc3cc(C(=O)Nc4cnn(Cc5cccc(C(F)(F)F)c5)c4)nn23)c1C. The Hall–Kier alpha value is -4.48. The van der Waals surface area contributed by atoms with Gasteiger partial charge in [0.2, 0.25) is 0 Å². The number of hydrogen-bond donors (Lipinski definition) is 1. The van der Waals surface area contributed by atoms with E-state index in [4.69, 9.17) is 0 Å². The van der Waals surface area contributed by atoms with Gasteiger partial charge in [-0.3, -0.25) is 14.2 Å². The minimum absolute atomic E-state index is 0.117.